The van der Waals surface area contributed by atoms with Crippen molar-refractivity contribution in [3.05, 3.63) is 51.7 Å². The lowest BCUT2D eigenvalue weighted by Crippen LogP contribution is -2.55. The Hall–Kier alpha value is -3.06. The first-order valence-corrected chi connectivity index (χ1v) is 15.5. The maximum Gasteiger partial charge on any atom is 0.318 e. The minimum absolute atomic E-state index is 0.151. The molecular formula is C31H36Cl2N6O3. The number of nitriles is 1. The van der Waals surface area contributed by atoms with Crippen LogP contribution in [0, 0.1) is 11.3 Å². The van der Waals surface area contributed by atoms with Crippen molar-refractivity contribution in [2.45, 2.75) is 62.4 Å². The fourth-order valence-electron chi connectivity index (χ4n) is 7.12. The Morgan fingerprint density at radius 2 is 2.12 bits per heavy atom. The number of piperazine rings is 1. The largest absolute Gasteiger partial charge is 0.492 e. The van der Waals surface area contributed by atoms with Crippen LogP contribution in [0.15, 0.2) is 24.8 Å². The van der Waals surface area contributed by atoms with E-state index >= 15 is 0 Å². The van der Waals surface area contributed by atoms with Crippen LogP contribution in [-0.2, 0) is 23.1 Å². The van der Waals surface area contributed by atoms with E-state index in [1.165, 1.54) is 6.08 Å². The molecule has 42 heavy (non-hydrogen) atoms. The predicted molar refractivity (Wildman–Crippen MR) is 162 cm³/mol. The van der Waals surface area contributed by atoms with Crippen LogP contribution in [0.5, 0.6) is 11.8 Å². The van der Waals surface area contributed by atoms with E-state index < -0.39 is 0 Å². The van der Waals surface area contributed by atoms with Gasteiger partial charge in [-0.05, 0) is 63.9 Å². The molecule has 0 N–H and O–H groups in total. The molecule has 3 aliphatic heterocycles. The number of likely N-dealkylation sites (tertiary alicyclic amines) is 1. The third kappa shape index (κ3) is 5.41. The number of hydrogen-bond donors (Lipinski definition) is 0. The van der Waals surface area contributed by atoms with Crippen LogP contribution in [0.3, 0.4) is 0 Å². The number of nitrogens with zero attached hydrogens (tertiary/aromatic N) is 6. The second-order valence-electron chi connectivity index (χ2n) is 11.9. The van der Waals surface area contributed by atoms with Crippen LogP contribution in [0.25, 0.3) is 0 Å². The number of rotatable bonds is 6. The molecule has 1 aromatic carbocycles. The summed E-state index contributed by atoms with van der Waals surface area (Å²) in [5.74, 6) is 1.41. The second-order valence-corrected chi connectivity index (χ2v) is 12.7. The normalized spacial score (nSPS) is 25.4. The zero-order valence-corrected chi connectivity index (χ0v) is 25.5. The number of amides is 1. The van der Waals surface area contributed by atoms with Gasteiger partial charge in [0, 0.05) is 53.7 Å². The summed E-state index contributed by atoms with van der Waals surface area (Å²) in [6.07, 6.45) is 6.99. The molecule has 222 valence electrons. The van der Waals surface area contributed by atoms with Crippen LogP contribution in [0.2, 0.25) is 10.0 Å². The Labute approximate surface area is 257 Å². The van der Waals surface area contributed by atoms with E-state index in [0.717, 1.165) is 61.3 Å². The second kappa shape index (κ2) is 11.9. The van der Waals surface area contributed by atoms with Gasteiger partial charge in [-0.25, -0.2) is 0 Å². The molecule has 1 unspecified atom stereocenters. The van der Waals surface area contributed by atoms with Gasteiger partial charge in [0.25, 0.3) is 0 Å². The summed E-state index contributed by atoms with van der Waals surface area (Å²) >= 11 is 13.1. The molecule has 1 aliphatic carbocycles. The van der Waals surface area contributed by atoms with Crippen molar-refractivity contribution in [1.82, 2.24) is 19.8 Å². The molecule has 2 aromatic rings. The fourth-order valence-corrected chi connectivity index (χ4v) is 7.67. The molecule has 9 nitrogen and oxygen atoms in total. The van der Waals surface area contributed by atoms with E-state index in [4.69, 9.17) is 42.6 Å². The van der Waals surface area contributed by atoms with Crippen LogP contribution >= 0.6 is 23.2 Å². The van der Waals surface area contributed by atoms with Crippen molar-refractivity contribution < 1.29 is 14.3 Å². The molecule has 4 heterocycles. The Bertz CT molecular complexity index is 1430. The predicted octanol–water partition coefficient (Wildman–Crippen LogP) is 4.58. The van der Waals surface area contributed by atoms with Gasteiger partial charge in [-0.3, -0.25) is 4.79 Å². The van der Waals surface area contributed by atoms with Crippen molar-refractivity contribution in [3.63, 3.8) is 0 Å². The van der Waals surface area contributed by atoms with Gasteiger partial charge in [0.05, 0.1) is 35.9 Å². The Morgan fingerprint density at radius 3 is 2.88 bits per heavy atom. The van der Waals surface area contributed by atoms with E-state index in [-0.39, 0.29) is 23.8 Å². The maximum atomic E-state index is 12.5. The minimum Gasteiger partial charge on any atom is -0.492 e. The van der Waals surface area contributed by atoms with Crippen molar-refractivity contribution in [1.29, 1.82) is 5.26 Å². The van der Waals surface area contributed by atoms with Gasteiger partial charge in [0.2, 0.25) is 5.91 Å². The summed E-state index contributed by atoms with van der Waals surface area (Å²) in [7, 11) is 2.13. The number of carbonyl (C=O) groups excluding carboxylic acids is 1. The lowest BCUT2D eigenvalue weighted by atomic mass is 9.66. The number of aromatic nitrogens is 2. The highest BCUT2D eigenvalue weighted by molar-refractivity contribution is 6.35. The molecule has 1 spiro atoms. The molecule has 0 saturated carbocycles. The summed E-state index contributed by atoms with van der Waals surface area (Å²) in [4.78, 5) is 28.8. The van der Waals surface area contributed by atoms with Crippen LogP contribution in [0.4, 0.5) is 5.82 Å². The van der Waals surface area contributed by atoms with Crippen molar-refractivity contribution in [2.75, 3.05) is 51.3 Å². The van der Waals surface area contributed by atoms with Crippen LogP contribution in [0.1, 0.15) is 48.9 Å². The molecule has 11 heteroatoms. The summed E-state index contributed by atoms with van der Waals surface area (Å²) in [6, 6.07) is 6.44. The summed E-state index contributed by atoms with van der Waals surface area (Å²) in [6.45, 7) is 7.42. The molecular weight excluding hydrogens is 575 g/mol. The molecule has 2 saturated heterocycles. The smallest absolute Gasteiger partial charge is 0.318 e. The lowest BCUT2D eigenvalue weighted by molar-refractivity contribution is -0.128. The number of carbonyl (C=O) groups is 1. The van der Waals surface area contributed by atoms with Crippen LogP contribution in [-0.4, -0.2) is 84.2 Å². The average Bonchev–Trinajstić information content (AvgIpc) is 3.40. The SMILES string of the molecule is C=CC(=O)N1CCN(c2nc(OC[C@@H]3CCCN3C)nc3c2CCC2(CCOc4c(Cl)cc(Cl)cc42)C3)C[C@@H]1CC#N. The van der Waals surface area contributed by atoms with E-state index in [9.17, 15) is 10.1 Å². The van der Waals surface area contributed by atoms with Gasteiger partial charge >= 0.3 is 6.01 Å². The van der Waals surface area contributed by atoms with Gasteiger partial charge in [-0.1, -0.05) is 29.8 Å². The Kier molecular flexibility index (Phi) is 8.23. The number of hydrogen-bond acceptors (Lipinski definition) is 8. The highest BCUT2D eigenvalue weighted by Crippen LogP contribution is 2.51. The molecule has 2 fully saturated rings. The highest BCUT2D eigenvalue weighted by Gasteiger charge is 2.44. The van der Waals surface area contributed by atoms with Gasteiger partial charge in [0.1, 0.15) is 18.2 Å². The Balaban J connectivity index is 1.36. The van der Waals surface area contributed by atoms with Crippen molar-refractivity contribution >= 4 is 34.9 Å². The van der Waals surface area contributed by atoms with E-state index in [2.05, 4.69) is 29.5 Å². The standard InChI is InChI=1S/C31H36Cl2N6O3/c1-3-27(40)39-13-12-38(18-21(39)7-10-34)29-23-6-8-31(9-14-41-28-24(31)15-20(32)16-25(28)33)17-26(23)35-30(36-29)42-19-22-5-4-11-37(22)2/h3,15-16,21-22H,1,4-9,11-14,17-19H2,2H3/t21-,22-,31?/m0/s1. The van der Waals surface area contributed by atoms with Gasteiger partial charge < -0.3 is 24.2 Å². The summed E-state index contributed by atoms with van der Waals surface area (Å²) in [5, 5.41) is 10.7. The summed E-state index contributed by atoms with van der Waals surface area (Å²) < 4.78 is 12.3. The van der Waals surface area contributed by atoms with Crippen LogP contribution < -0.4 is 14.4 Å². The number of fused-ring (bicyclic) bond motifs is 3. The topological polar surface area (TPSA) is 94.8 Å². The average molecular weight is 612 g/mol. The summed E-state index contributed by atoms with van der Waals surface area (Å²) in [5.41, 5.74) is 2.90. The lowest BCUT2D eigenvalue weighted by Gasteiger charge is -2.44. The minimum atomic E-state index is -0.252. The number of halogens is 2. The first-order valence-electron chi connectivity index (χ1n) is 14.7. The van der Waals surface area contributed by atoms with E-state index in [1.807, 2.05) is 6.07 Å². The molecule has 1 amide bonds. The van der Waals surface area contributed by atoms with E-state index in [0.29, 0.717) is 67.1 Å². The van der Waals surface area contributed by atoms with Gasteiger partial charge in [0.15, 0.2) is 0 Å². The molecule has 0 radical (unpaired) electrons. The molecule has 0 bridgehead atoms. The monoisotopic (exact) mass is 610 g/mol. The van der Waals surface area contributed by atoms with Crippen molar-refractivity contribution in [3.8, 4) is 17.8 Å². The van der Waals surface area contributed by atoms with Gasteiger partial charge in [-0.15, -0.1) is 0 Å². The van der Waals surface area contributed by atoms with Crippen molar-refractivity contribution in [2.24, 2.45) is 0 Å². The highest BCUT2D eigenvalue weighted by atomic mass is 35.5. The fraction of sp³-hybridized carbons (Fsp3) is 0.548. The molecule has 6 rings (SSSR count). The van der Waals surface area contributed by atoms with Gasteiger partial charge in [-0.2, -0.15) is 15.2 Å². The first kappa shape index (κ1) is 29.0. The molecule has 4 aliphatic rings. The number of likely N-dealkylation sites (N-methyl/N-ethyl adjacent to an activating group) is 1. The zero-order chi connectivity index (χ0) is 29.4. The number of benzene rings is 1. The number of ether oxygens (including phenoxy) is 2. The quantitative estimate of drug-likeness (QED) is 0.439. The molecule has 3 atom stereocenters. The number of anilines is 1. The third-order valence-corrected chi connectivity index (χ3v) is 9.96. The third-order valence-electron chi connectivity index (χ3n) is 9.46. The first-order chi connectivity index (χ1) is 20.3. The Morgan fingerprint density at radius 1 is 1.26 bits per heavy atom. The molecule has 1 aromatic heterocycles. The zero-order valence-electron chi connectivity index (χ0n) is 24.0. The van der Waals surface area contributed by atoms with E-state index in [1.54, 1.807) is 11.0 Å². The maximum absolute atomic E-state index is 12.5.